The highest BCUT2D eigenvalue weighted by Gasteiger charge is 2.19. The Morgan fingerprint density at radius 3 is 2.76 bits per heavy atom. The van der Waals surface area contributed by atoms with Gasteiger partial charge < -0.3 is 5.32 Å². The van der Waals surface area contributed by atoms with Gasteiger partial charge in [-0.2, -0.15) is 0 Å². The molecule has 5 heteroatoms. The van der Waals surface area contributed by atoms with Crippen molar-refractivity contribution in [3.63, 3.8) is 0 Å². The van der Waals surface area contributed by atoms with Gasteiger partial charge in [0.1, 0.15) is 0 Å². The standard InChI is InChI=1S/C12H10BrClINS/c1-16-11(12-9(14)4-5-17-12)8-6-7(13)2-3-10(8)15/h2-6,11,16H,1H3. The highest BCUT2D eigenvalue weighted by molar-refractivity contribution is 14.1. The summed E-state index contributed by atoms with van der Waals surface area (Å²) in [5.41, 5.74) is 1.24. The first kappa shape index (κ1) is 13.8. The zero-order valence-corrected chi connectivity index (χ0v) is 14.3. The van der Waals surface area contributed by atoms with Gasteiger partial charge in [0.2, 0.25) is 0 Å². The van der Waals surface area contributed by atoms with E-state index in [9.17, 15) is 0 Å². The minimum absolute atomic E-state index is 0.145. The molecule has 2 aromatic rings. The van der Waals surface area contributed by atoms with E-state index in [2.05, 4.69) is 56.0 Å². The molecule has 0 saturated carbocycles. The van der Waals surface area contributed by atoms with Crippen LogP contribution in [0.5, 0.6) is 0 Å². The minimum atomic E-state index is 0.145. The van der Waals surface area contributed by atoms with Gasteiger partial charge in [-0.3, -0.25) is 0 Å². The van der Waals surface area contributed by atoms with Gasteiger partial charge in [0.05, 0.1) is 11.1 Å². The van der Waals surface area contributed by atoms with Crippen LogP contribution >= 0.6 is 61.5 Å². The summed E-state index contributed by atoms with van der Waals surface area (Å²) in [4.78, 5) is 1.16. The molecule has 1 aromatic heterocycles. The summed E-state index contributed by atoms with van der Waals surface area (Å²) in [6, 6.07) is 8.38. The number of thiophene rings is 1. The number of hydrogen-bond acceptors (Lipinski definition) is 2. The number of halogens is 3. The molecule has 2 rings (SSSR count). The molecular formula is C12H10BrClINS. The van der Waals surface area contributed by atoms with Crippen LogP contribution in [-0.2, 0) is 0 Å². The Morgan fingerprint density at radius 1 is 1.41 bits per heavy atom. The Kier molecular flexibility index (Phi) is 4.88. The van der Waals surface area contributed by atoms with Gasteiger partial charge in [-0.25, -0.2) is 0 Å². The summed E-state index contributed by atoms with van der Waals surface area (Å²) in [5.74, 6) is 0. The summed E-state index contributed by atoms with van der Waals surface area (Å²) in [5, 5.41) is 6.17. The van der Waals surface area contributed by atoms with E-state index in [1.165, 1.54) is 9.13 Å². The number of benzene rings is 1. The van der Waals surface area contributed by atoms with Crippen molar-refractivity contribution in [2.24, 2.45) is 0 Å². The first-order chi connectivity index (χ1) is 8.13. The van der Waals surface area contributed by atoms with Crippen LogP contribution < -0.4 is 5.32 Å². The lowest BCUT2D eigenvalue weighted by Gasteiger charge is -2.17. The molecule has 0 aliphatic rings. The third-order valence-electron chi connectivity index (χ3n) is 2.46. The van der Waals surface area contributed by atoms with Crippen molar-refractivity contribution >= 4 is 61.5 Å². The summed E-state index contributed by atoms with van der Waals surface area (Å²) < 4.78 is 2.32. The molecule has 1 unspecified atom stereocenters. The largest absolute Gasteiger partial charge is 0.309 e. The van der Waals surface area contributed by atoms with Gasteiger partial charge in [-0.1, -0.05) is 27.5 Å². The van der Waals surface area contributed by atoms with Crippen molar-refractivity contribution in [1.82, 2.24) is 5.32 Å². The Hall–Kier alpha value is 0.380. The molecule has 0 aliphatic carbocycles. The van der Waals surface area contributed by atoms with E-state index < -0.39 is 0 Å². The maximum atomic E-state index is 6.21. The second-order valence-electron chi connectivity index (χ2n) is 3.52. The van der Waals surface area contributed by atoms with E-state index in [0.29, 0.717) is 0 Å². The Balaban J connectivity index is 2.49. The van der Waals surface area contributed by atoms with Crippen LogP contribution in [0.15, 0.2) is 34.1 Å². The lowest BCUT2D eigenvalue weighted by Crippen LogP contribution is -2.18. The normalized spacial score (nSPS) is 12.7. The van der Waals surface area contributed by atoms with E-state index in [0.717, 1.165) is 14.4 Å². The lowest BCUT2D eigenvalue weighted by molar-refractivity contribution is 0.700. The van der Waals surface area contributed by atoms with Gasteiger partial charge in [-0.15, -0.1) is 11.3 Å². The molecule has 0 amide bonds. The highest BCUT2D eigenvalue weighted by Crippen LogP contribution is 2.35. The Bertz CT molecular complexity index is 529. The molecule has 1 atom stereocenters. The molecule has 90 valence electrons. The summed E-state index contributed by atoms with van der Waals surface area (Å²) >= 11 is 13.8. The second kappa shape index (κ2) is 6.02. The number of hydrogen-bond donors (Lipinski definition) is 1. The number of nitrogens with one attached hydrogen (secondary N) is 1. The van der Waals surface area contributed by atoms with Gasteiger partial charge in [0.15, 0.2) is 0 Å². The molecule has 1 N–H and O–H groups in total. The van der Waals surface area contributed by atoms with Crippen LogP contribution in [0.4, 0.5) is 0 Å². The topological polar surface area (TPSA) is 12.0 Å². The Labute approximate surface area is 132 Å². The molecule has 0 radical (unpaired) electrons. The van der Waals surface area contributed by atoms with Crippen molar-refractivity contribution in [3.8, 4) is 0 Å². The maximum Gasteiger partial charge on any atom is 0.0694 e. The van der Waals surface area contributed by atoms with Crippen LogP contribution in [0, 0.1) is 3.57 Å². The first-order valence-electron chi connectivity index (χ1n) is 4.98. The van der Waals surface area contributed by atoms with Gasteiger partial charge in [0, 0.05) is 12.9 Å². The second-order valence-corrected chi connectivity index (χ2v) is 6.95. The van der Waals surface area contributed by atoms with Crippen LogP contribution in [0.3, 0.4) is 0 Å². The van der Waals surface area contributed by atoms with E-state index in [1.54, 1.807) is 11.3 Å². The molecule has 0 saturated heterocycles. The van der Waals surface area contributed by atoms with E-state index in [4.69, 9.17) is 11.6 Å². The SMILES string of the molecule is CNC(c1cc(Br)ccc1I)c1sccc1Cl. The van der Waals surface area contributed by atoms with E-state index in [1.807, 2.05) is 24.6 Å². The third kappa shape index (κ3) is 3.04. The minimum Gasteiger partial charge on any atom is -0.309 e. The summed E-state index contributed by atoms with van der Waals surface area (Å²) in [6.07, 6.45) is 0. The predicted octanol–water partition coefficient (Wildman–Crippen LogP) is 5.08. The van der Waals surface area contributed by atoms with Gasteiger partial charge >= 0.3 is 0 Å². The summed E-state index contributed by atoms with van der Waals surface area (Å²) in [7, 11) is 1.96. The molecule has 0 aliphatic heterocycles. The molecule has 17 heavy (non-hydrogen) atoms. The van der Waals surface area contributed by atoms with Crippen molar-refractivity contribution in [2.75, 3.05) is 7.05 Å². The molecule has 0 fully saturated rings. The predicted molar refractivity (Wildman–Crippen MR) is 87.1 cm³/mol. The van der Waals surface area contributed by atoms with E-state index >= 15 is 0 Å². The average molecular weight is 443 g/mol. The molecule has 0 bridgehead atoms. The summed E-state index contributed by atoms with van der Waals surface area (Å²) in [6.45, 7) is 0. The Morgan fingerprint density at radius 2 is 2.18 bits per heavy atom. The van der Waals surface area contributed by atoms with Gasteiger partial charge in [0.25, 0.3) is 0 Å². The van der Waals surface area contributed by atoms with Crippen LogP contribution in [0.2, 0.25) is 5.02 Å². The quantitative estimate of drug-likeness (QED) is 0.654. The van der Waals surface area contributed by atoms with Crippen LogP contribution in [-0.4, -0.2) is 7.05 Å². The van der Waals surface area contributed by atoms with Crippen molar-refractivity contribution in [3.05, 3.63) is 53.2 Å². The molecular weight excluding hydrogens is 432 g/mol. The fourth-order valence-electron chi connectivity index (χ4n) is 1.68. The monoisotopic (exact) mass is 441 g/mol. The van der Waals surface area contributed by atoms with Crippen LogP contribution in [0.25, 0.3) is 0 Å². The zero-order valence-electron chi connectivity index (χ0n) is 9.01. The van der Waals surface area contributed by atoms with Crippen molar-refractivity contribution in [1.29, 1.82) is 0 Å². The maximum absolute atomic E-state index is 6.21. The zero-order chi connectivity index (χ0) is 12.4. The first-order valence-corrected chi connectivity index (χ1v) is 8.11. The lowest BCUT2D eigenvalue weighted by atomic mass is 10.1. The third-order valence-corrected chi connectivity index (χ3v) is 5.36. The molecule has 1 aromatic carbocycles. The molecule has 1 nitrogen and oxygen atoms in total. The fraction of sp³-hybridized carbons (Fsp3) is 0.167. The van der Waals surface area contributed by atoms with Crippen LogP contribution in [0.1, 0.15) is 16.5 Å². The van der Waals surface area contributed by atoms with Gasteiger partial charge in [-0.05, 0) is 64.8 Å². The average Bonchev–Trinajstić information content (AvgIpc) is 2.71. The van der Waals surface area contributed by atoms with Crippen molar-refractivity contribution in [2.45, 2.75) is 6.04 Å². The molecule has 0 spiro atoms. The fourth-order valence-corrected chi connectivity index (χ4v) is 3.99. The smallest absolute Gasteiger partial charge is 0.0694 e. The number of rotatable bonds is 3. The van der Waals surface area contributed by atoms with Crippen molar-refractivity contribution < 1.29 is 0 Å². The van der Waals surface area contributed by atoms with E-state index in [-0.39, 0.29) is 6.04 Å². The highest BCUT2D eigenvalue weighted by atomic mass is 127. The molecule has 1 heterocycles.